The number of hydrogen-bond donors (Lipinski definition) is 0. The summed E-state index contributed by atoms with van der Waals surface area (Å²) in [5.41, 5.74) is 1.47. The first-order valence-corrected chi connectivity index (χ1v) is 13.0. The summed E-state index contributed by atoms with van der Waals surface area (Å²) in [4.78, 5) is 49.6. The van der Waals surface area contributed by atoms with Crippen LogP contribution < -0.4 is 11.0 Å². The Morgan fingerprint density at radius 1 is 1.16 bits per heavy atom. The fraction of sp³-hybridized carbons (Fsp3) is 0.345. The number of carbonyl (C=O) groups excluding carboxylic acids is 2. The predicted octanol–water partition coefficient (Wildman–Crippen LogP) is 3.63. The summed E-state index contributed by atoms with van der Waals surface area (Å²) in [5.74, 6) is -1.54. The maximum atomic E-state index is 13.6. The zero-order chi connectivity index (χ0) is 26.6. The molecular formula is C29H30N4O5. The van der Waals surface area contributed by atoms with Crippen molar-refractivity contribution in [2.75, 3.05) is 13.2 Å². The molecule has 3 aromatic heterocycles. The molecule has 1 fully saturated rings. The molecule has 5 rings (SSSR count). The molecule has 9 nitrogen and oxygen atoms in total. The Labute approximate surface area is 219 Å². The molecule has 38 heavy (non-hydrogen) atoms. The maximum absolute atomic E-state index is 13.6. The highest BCUT2D eigenvalue weighted by Crippen LogP contribution is 2.21. The van der Waals surface area contributed by atoms with Crippen molar-refractivity contribution >= 4 is 28.6 Å². The average molecular weight is 515 g/mol. The van der Waals surface area contributed by atoms with Crippen LogP contribution in [0.2, 0.25) is 0 Å². The molecule has 0 N–H and O–H groups in total. The lowest BCUT2D eigenvalue weighted by molar-refractivity contribution is -0.119. The van der Waals surface area contributed by atoms with E-state index in [0.29, 0.717) is 24.3 Å². The van der Waals surface area contributed by atoms with Gasteiger partial charge in [-0.1, -0.05) is 43.3 Å². The molecule has 0 aliphatic carbocycles. The van der Waals surface area contributed by atoms with Gasteiger partial charge in [0.15, 0.2) is 5.49 Å². The number of pyridine rings is 2. The summed E-state index contributed by atoms with van der Waals surface area (Å²) in [7, 11) is 0. The number of aromatic nitrogens is 3. The van der Waals surface area contributed by atoms with E-state index in [1.807, 2.05) is 37.3 Å². The second-order valence-corrected chi connectivity index (χ2v) is 9.25. The van der Waals surface area contributed by atoms with Gasteiger partial charge in [0.05, 0.1) is 30.6 Å². The van der Waals surface area contributed by atoms with E-state index in [1.54, 1.807) is 35.9 Å². The van der Waals surface area contributed by atoms with Crippen LogP contribution in [0, 0.1) is 0 Å². The van der Waals surface area contributed by atoms with E-state index in [4.69, 9.17) is 14.5 Å². The zero-order valence-corrected chi connectivity index (χ0v) is 21.5. The van der Waals surface area contributed by atoms with Crippen molar-refractivity contribution < 1.29 is 19.1 Å². The third kappa shape index (κ3) is 4.89. The topological polar surface area (TPSA) is 104 Å². The number of rotatable bonds is 7. The monoisotopic (exact) mass is 514 g/mol. The number of fused-ring (bicyclic) bond motifs is 2. The van der Waals surface area contributed by atoms with Crippen LogP contribution in [0.5, 0.6) is 0 Å². The van der Waals surface area contributed by atoms with Gasteiger partial charge in [0.1, 0.15) is 16.9 Å². The Balaban J connectivity index is 1.82. The standard InChI is InChI=1S/C29H30N4O5/c1-3-21(19-11-6-5-7-12-19)27(34)31-26-23(29(36)37-4-2)17-22-25(33(26)18-20-13-10-16-38-20)30-24-14-8-9-15-32(24)28(22)35/h5-9,11-12,14-15,17,20-21H,3-4,10,13,16,18H2,1-2H3/t20-,21+/m0/s1. The highest BCUT2D eigenvalue weighted by Gasteiger charge is 2.25. The zero-order valence-electron chi connectivity index (χ0n) is 21.5. The molecule has 0 bridgehead atoms. The Morgan fingerprint density at radius 3 is 2.66 bits per heavy atom. The van der Waals surface area contributed by atoms with Gasteiger partial charge in [-0.25, -0.2) is 9.78 Å². The minimum Gasteiger partial charge on any atom is -0.462 e. The van der Waals surface area contributed by atoms with Crippen molar-refractivity contribution in [3.63, 3.8) is 0 Å². The van der Waals surface area contributed by atoms with E-state index in [-0.39, 0.29) is 47.2 Å². The minimum atomic E-state index is -0.660. The van der Waals surface area contributed by atoms with Crippen LogP contribution in [-0.2, 0) is 20.8 Å². The van der Waals surface area contributed by atoms with Crippen LogP contribution in [0.15, 0.2) is 70.6 Å². The molecule has 4 heterocycles. The van der Waals surface area contributed by atoms with Crippen molar-refractivity contribution in [1.29, 1.82) is 0 Å². The molecule has 1 amide bonds. The summed E-state index contributed by atoms with van der Waals surface area (Å²) in [6.45, 7) is 4.66. The summed E-state index contributed by atoms with van der Waals surface area (Å²) >= 11 is 0. The lowest BCUT2D eigenvalue weighted by atomic mass is 9.96. The van der Waals surface area contributed by atoms with Crippen LogP contribution in [-0.4, -0.2) is 45.1 Å². The number of carbonyl (C=O) groups is 2. The Morgan fingerprint density at radius 2 is 1.95 bits per heavy atom. The average Bonchev–Trinajstić information content (AvgIpc) is 3.45. The van der Waals surface area contributed by atoms with Crippen LogP contribution in [0.4, 0.5) is 0 Å². The first-order chi connectivity index (χ1) is 18.5. The third-order valence-electron chi connectivity index (χ3n) is 6.82. The summed E-state index contributed by atoms with van der Waals surface area (Å²) < 4.78 is 14.3. The third-order valence-corrected chi connectivity index (χ3v) is 6.82. The van der Waals surface area contributed by atoms with Gasteiger partial charge in [0.25, 0.3) is 11.5 Å². The minimum absolute atomic E-state index is 0.0448. The lowest BCUT2D eigenvalue weighted by Crippen LogP contribution is -2.35. The summed E-state index contributed by atoms with van der Waals surface area (Å²) in [6, 6.07) is 16.2. The maximum Gasteiger partial charge on any atom is 0.341 e. The quantitative estimate of drug-likeness (QED) is 0.276. The molecule has 196 valence electrons. The normalized spacial score (nSPS) is 16.7. The van der Waals surface area contributed by atoms with E-state index >= 15 is 0 Å². The number of amides is 1. The van der Waals surface area contributed by atoms with E-state index < -0.39 is 11.9 Å². The number of esters is 1. The molecule has 0 unspecified atom stereocenters. The van der Waals surface area contributed by atoms with Gasteiger partial charge in [-0.2, -0.15) is 4.99 Å². The van der Waals surface area contributed by atoms with Crippen molar-refractivity contribution in [2.45, 2.75) is 51.7 Å². The van der Waals surface area contributed by atoms with Gasteiger partial charge in [0.2, 0.25) is 0 Å². The molecule has 2 atom stereocenters. The first kappa shape index (κ1) is 25.5. The van der Waals surface area contributed by atoms with Crippen LogP contribution in [0.3, 0.4) is 0 Å². The van der Waals surface area contributed by atoms with E-state index in [0.717, 1.165) is 18.4 Å². The van der Waals surface area contributed by atoms with Gasteiger partial charge < -0.3 is 14.0 Å². The molecule has 9 heteroatoms. The van der Waals surface area contributed by atoms with Crippen molar-refractivity contribution in [1.82, 2.24) is 14.0 Å². The molecule has 4 aromatic rings. The number of hydrogen-bond acceptors (Lipinski definition) is 6. The second-order valence-electron chi connectivity index (χ2n) is 9.25. The fourth-order valence-corrected chi connectivity index (χ4v) is 4.94. The Bertz CT molecular complexity index is 1620. The molecule has 1 aliphatic rings. The largest absolute Gasteiger partial charge is 0.462 e. The smallest absolute Gasteiger partial charge is 0.341 e. The first-order valence-electron chi connectivity index (χ1n) is 13.0. The van der Waals surface area contributed by atoms with Crippen molar-refractivity contribution in [3.05, 3.63) is 87.8 Å². The fourth-order valence-electron chi connectivity index (χ4n) is 4.94. The van der Waals surface area contributed by atoms with Gasteiger partial charge in [-0.05, 0) is 49.9 Å². The molecule has 1 aromatic carbocycles. The van der Waals surface area contributed by atoms with E-state index in [9.17, 15) is 14.4 Å². The summed E-state index contributed by atoms with van der Waals surface area (Å²) in [6.07, 6.45) is 3.70. The van der Waals surface area contributed by atoms with Crippen LogP contribution >= 0.6 is 0 Å². The number of nitrogens with zero attached hydrogens (tertiary/aromatic N) is 4. The van der Waals surface area contributed by atoms with Crippen LogP contribution in [0.1, 0.15) is 54.9 Å². The van der Waals surface area contributed by atoms with Crippen molar-refractivity contribution in [3.8, 4) is 0 Å². The van der Waals surface area contributed by atoms with Crippen molar-refractivity contribution in [2.24, 2.45) is 4.99 Å². The van der Waals surface area contributed by atoms with Gasteiger partial charge in [0, 0.05) is 12.8 Å². The van der Waals surface area contributed by atoms with Gasteiger partial charge in [-0.3, -0.25) is 14.0 Å². The molecule has 1 aliphatic heterocycles. The van der Waals surface area contributed by atoms with Gasteiger partial charge >= 0.3 is 5.97 Å². The molecule has 1 saturated heterocycles. The SMILES string of the molecule is CCOC(=O)c1cc2c(=O)n3ccccc3nc2n(C[C@@H]2CCCO2)c1=NC(=O)[C@H](CC)c1ccccc1. The Kier molecular flexibility index (Phi) is 7.46. The number of ether oxygens (including phenoxy) is 2. The Hall–Kier alpha value is -4.11. The number of benzene rings is 1. The predicted molar refractivity (Wildman–Crippen MR) is 142 cm³/mol. The molecule has 0 spiro atoms. The van der Waals surface area contributed by atoms with Gasteiger partial charge in [-0.15, -0.1) is 0 Å². The van der Waals surface area contributed by atoms with E-state index in [2.05, 4.69) is 4.99 Å². The van der Waals surface area contributed by atoms with E-state index in [1.165, 1.54) is 10.5 Å². The molecule has 0 saturated carbocycles. The highest BCUT2D eigenvalue weighted by molar-refractivity contribution is 5.94. The van der Waals surface area contributed by atoms with Crippen LogP contribution in [0.25, 0.3) is 16.7 Å². The second kappa shape index (κ2) is 11.1. The molecular weight excluding hydrogens is 484 g/mol. The lowest BCUT2D eigenvalue weighted by Gasteiger charge is -2.18. The highest BCUT2D eigenvalue weighted by atomic mass is 16.5. The summed E-state index contributed by atoms with van der Waals surface area (Å²) in [5, 5.41) is 0.233. The molecule has 0 radical (unpaired) electrons.